The lowest BCUT2D eigenvalue weighted by Crippen LogP contribution is -2.25. The van der Waals surface area contributed by atoms with Crippen LogP contribution < -0.4 is 4.74 Å². The third-order valence-electron chi connectivity index (χ3n) is 2.20. The van der Waals surface area contributed by atoms with Crippen LogP contribution in [0.15, 0.2) is 18.2 Å². The molecule has 1 aromatic carbocycles. The molecule has 15 heavy (non-hydrogen) atoms. The Hall–Kier alpha value is -1.55. The van der Waals surface area contributed by atoms with Crippen LogP contribution in [0.1, 0.15) is 15.9 Å². The Bertz CT molecular complexity index is 363. The molecule has 1 amide bonds. The quantitative estimate of drug-likeness (QED) is 0.710. The maximum Gasteiger partial charge on any atom is 0.277 e. The Morgan fingerprint density at radius 2 is 2.00 bits per heavy atom. The number of hydroxylamine groups is 2. The summed E-state index contributed by atoms with van der Waals surface area (Å²) in [7, 11) is 4.63. The third-order valence-corrected chi connectivity index (χ3v) is 2.20. The van der Waals surface area contributed by atoms with Gasteiger partial charge in [-0.2, -0.15) is 0 Å². The lowest BCUT2D eigenvalue weighted by atomic mass is 10.1. The molecule has 0 unspecified atom stereocenters. The highest BCUT2D eigenvalue weighted by Crippen LogP contribution is 2.19. The van der Waals surface area contributed by atoms with E-state index in [-0.39, 0.29) is 5.91 Å². The van der Waals surface area contributed by atoms with Gasteiger partial charge < -0.3 is 4.74 Å². The van der Waals surface area contributed by atoms with E-state index in [1.807, 2.05) is 6.92 Å². The van der Waals surface area contributed by atoms with E-state index < -0.39 is 0 Å². The minimum Gasteiger partial charge on any atom is -0.496 e. The van der Waals surface area contributed by atoms with Gasteiger partial charge in [0.1, 0.15) is 5.75 Å². The van der Waals surface area contributed by atoms with Crippen LogP contribution in [0, 0.1) is 6.92 Å². The molecular formula is C11H15NO3. The largest absolute Gasteiger partial charge is 0.496 e. The predicted molar refractivity (Wildman–Crippen MR) is 56.8 cm³/mol. The van der Waals surface area contributed by atoms with Crippen LogP contribution in [-0.2, 0) is 4.84 Å². The minimum atomic E-state index is -0.178. The molecule has 1 rings (SSSR count). The second-order valence-electron chi connectivity index (χ2n) is 3.17. The number of ether oxygens (including phenoxy) is 1. The first-order valence-corrected chi connectivity index (χ1v) is 4.57. The van der Waals surface area contributed by atoms with Gasteiger partial charge in [0.05, 0.1) is 14.2 Å². The number of carbonyl (C=O) groups excluding carboxylic acids is 1. The fourth-order valence-electron chi connectivity index (χ4n) is 1.28. The van der Waals surface area contributed by atoms with Crippen molar-refractivity contribution in [3.8, 4) is 5.75 Å². The number of rotatable bonds is 3. The van der Waals surface area contributed by atoms with Gasteiger partial charge in [-0.25, -0.2) is 5.06 Å². The van der Waals surface area contributed by atoms with E-state index in [1.165, 1.54) is 12.2 Å². The second-order valence-corrected chi connectivity index (χ2v) is 3.17. The summed E-state index contributed by atoms with van der Waals surface area (Å²) in [6.07, 6.45) is 0. The predicted octanol–water partition coefficient (Wildman–Crippen LogP) is 1.64. The molecule has 0 N–H and O–H groups in total. The van der Waals surface area contributed by atoms with Crippen LogP contribution in [-0.4, -0.2) is 32.2 Å². The first kappa shape index (κ1) is 11.5. The van der Waals surface area contributed by atoms with Crippen LogP contribution in [0.2, 0.25) is 0 Å². The monoisotopic (exact) mass is 209 g/mol. The molecule has 0 fully saturated rings. The highest BCUT2D eigenvalue weighted by molar-refractivity contribution is 5.93. The fourth-order valence-corrected chi connectivity index (χ4v) is 1.28. The van der Waals surface area contributed by atoms with Gasteiger partial charge in [-0.1, -0.05) is 0 Å². The smallest absolute Gasteiger partial charge is 0.277 e. The summed E-state index contributed by atoms with van der Waals surface area (Å²) in [4.78, 5) is 16.5. The normalized spacial score (nSPS) is 9.87. The summed E-state index contributed by atoms with van der Waals surface area (Å²) >= 11 is 0. The highest BCUT2D eigenvalue weighted by Gasteiger charge is 2.12. The van der Waals surface area contributed by atoms with Crippen LogP contribution in [0.25, 0.3) is 0 Å². The van der Waals surface area contributed by atoms with E-state index in [4.69, 9.17) is 9.57 Å². The number of aryl methyl sites for hydroxylation is 1. The first-order valence-electron chi connectivity index (χ1n) is 4.57. The molecule has 0 aromatic heterocycles. The van der Waals surface area contributed by atoms with Gasteiger partial charge in [0.15, 0.2) is 0 Å². The minimum absolute atomic E-state index is 0.178. The molecule has 0 aliphatic carbocycles. The molecule has 1 aromatic rings. The summed E-state index contributed by atoms with van der Waals surface area (Å²) in [6, 6.07) is 5.26. The van der Waals surface area contributed by atoms with Crippen molar-refractivity contribution in [1.29, 1.82) is 0 Å². The van der Waals surface area contributed by atoms with Crippen LogP contribution in [0.4, 0.5) is 0 Å². The Balaban J connectivity index is 2.97. The maximum absolute atomic E-state index is 11.7. The molecule has 0 bridgehead atoms. The van der Waals surface area contributed by atoms with E-state index in [0.717, 1.165) is 11.3 Å². The van der Waals surface area contributed by atoms with Crippen molar-refractivity contribution in [3.05, 3.63) is 29.3 Å². The third kappa shape index (κ3) is 2.47. The van der Waals surface area contributed by atoms with Crippen LogP contribution in [0.5, 0.6) is 5.75 Å². The van der Waals surface area contributed by atoms with E-state index >= 15 is 0 Å². The number of amides is 1. The fraction of sp³-hybridized carbons (Fsp3) is 0.364. The van der Waals surface area contributed by atoms with E-state index in [0.29, 0.717) is 5.56 Å². The number of nitrogens with zero attached hydrogens (tertiary/aromatic N) is 1. The van der Waals surface area contributed by atoms with Crippen molar-refractivity contribution in [1.82, 2.24) is 5.06 Å². The zero-order valence-corrected chi connectivity index (χ0v) is 9.40. The molecule has 4 nitrogen and oxygen atoms in total. The summed E-state index contributed by atoms with van der Waals surface area (Å²) in [6.45, 7) is 1.89. The van der Waals surface area contributed by atoms with Crippen molar-refractivity contribution in [2.24, 2.45) is 0 Å². The average molecular weight is 209 g/mol. The Kier molecular flexibility index (Phi) is 3.68. The number of hydrogen-bond acceptors (Lipinski definition) is 3. The summed E-state index contributed by atoms with van der Waals surface area (Å²) in [5.74, 6) is 0.592. The SMILES string of the molecule is COc1ccc(C(=O)N(C)OC)cc1C. The lowest BCUT2D eigenvalue weighted by molar-refractivity contribution is -0.0757. The van der Waals surface area contributed by atoms with Gasteiger partial charge in [-0.15, -0.1) is 0 Å². The summed E-state index contributed by atoms with van der Waals surface area (Å²) in [5, 5.41) is 1.18. The van der Waals surface area contributed by atoms with Crippen LogP contribution in [0.3, 0.4) is 0 Å². The van der Waals surface area contributed by atoms with Crippen molar-refractivity contribution < 1.29 is 14.4 Å². The van der Waals surface area contributed by atoms with Crippen molar-refractivity contribution in [2.75, 3.05) is 21.3 Å². The lowest BCUT2D eigenvalue weighted by Gasteiger charge is -2.14. The number of methoxy groups -OCH3 is 1. The maximum atomic E-state index is 11.7. The number of carbonyl (C=O) groups is 1. The number of benzene rings is 1. The molecule has 0 saturated heterocycles. The van der Waals surface area contributed by atoms with E-state index in [1.54, 1.807) is 32.4 Å². The van der Waals surface area contributed by atoms with Crippen LogP contribution >= 0.6 is 0 Å². The first-order chi connectivity index (χ1) is 7.10. The molecular weight excluding hydrogens is 194 g/mol. The Labute approximate surface area is 89.4 Å². The van der Waals surface area contributed by atoms with Gasteiger partial charge in [-0.05, 0) is 30.7 Å². The van der Waals surface area contributed by atoms with Gasteiger partial charge in [0, 0.05) is 12.6 Å². The van der Waals surface area contributed by atoms with Crippen molar-refractivity contribution >= 4 is 5.91 Å². The highest BCUT2D eigenvalue weighted by atomic mass is 16.7. The average Bonchev–Trinajstić information content (AvgIpc) is 2.26. The van der Waals surface area contributed by atoms with Crippen molar-refractivity contribution in [3.63, 3.8) is 0 Å². The Morgan fingerprint density at radius 1 is 1.33 bits per heavy atom. The molecule has 0 spiro atoms. The molecule has 0 atom stereocenters. The topological polar surface area (TPSA) is 38.8 Å². The number of hydrogen-bond donors (Lipinski definition) is 0. The van der Waals surface area contributed by atoms with Gasteiger partial charge in [0.25, 0.3) is 5.91 Å². The zero-order chi connectivity index (χ0) is 11.4. The van der Waals surface area contributed by atoms with Gasteiger partial charge in [0.2, 0.25) is 0 Å². The Morgan fingerprint density at radius 3 is 2.47 bits per heavy atom. The van der Waals surface area contributed by atoms with Crippen molar-refractivity contribution in [2.45, 2.75) is 6.92 Å². The molecule has 0 radical (unpaired) electrons. The standard InChI is InChI=1S/C11H15NO3/c1-8-7-9(5-6-10(8)14-3)11(13)12(2)15-4/h5-7H,1-4H3. The van der Waals surface area contributed by atoms with Gasteiger partial charge >= 0.3 is 0 Å². The van der Waals surface area contributed by atoms with E-state index in [9.17, 15) is 4.79 Å². The molecule has 0 aliphatic rings. The zero-order valence-electron chi connectivity index (χ0n) is 9.40. The summed E-state index contributed by atoms with van der Waals surface area (Å²) in [5.41, 5.74) is 1.51. The molecule has 0 heterocycles. The molecule has 4 heteroatoms. The summed E-state index contributed by atoms with van der Waals surface area (Å²) < 4.78 is 5.11. The molecule has 0 saturated carbocycles. The molecule has 82 valence electrons. The molecule has 0 aliphatic heterocycles. The second kappa shape index (κ2) is 4.79. The van der Waals surface area contributed by atoms with Gasteiger partial charge in [-0.3, -0.25) is 9.63 Å². The van der Waals surface area contributed by atoms with E-state index in [2.05, 4.69) is 0 Å².